The molecule has 1 fully saturated rings. The highest BCUT2D eigenvalue weighted by molar-refractivity contribution is 7.87. The van der Waals surface area contributed by atoms with Crippen LogP contribution in [0.4, 0.5) is 0 Å². The van der Waals surface area contributed by atoms with Crippen molar-refractivity contribution in [3.05, 3.63) is 47.3 Å². The molecular formula is C18H27N5O2S. The first-order valence-electron chi connectivity index (χ1n) is 8.93. The maximum atomic E-state index is 11.6. The monoisotopic (exact) mass is 377 g/mol. The number of nitrogens with zero attached hydrogens (tertiary/aromatic N) is 3. The van der Waals surface area contributed by atoms with E-state index in [1.807, 2.05) is 22.9 Å². The van der Waals surface area contributed by atoms with Crippen molar-refractivity contribution in [1.82, 2.24) is 24.1 Å². The van der Waals surface area contributed by atoms with E-state index in [0.717, 1.165) is 49.6 Å². The Kier molecular flexibility index (Phi) is 5.76. The third-order valence-corrected chi connectivity index (χ3v) is 6.18. The van der Waals surface area contributed by atoms with Gasteiger partial charge in [-0.25, -0.2) is 9.40 Å². The molecule has 142 valence electrons. The SMILES string of the molecule is CNS(=O)(=O)NC1CCN(Cc2c(C)nn(-c3ccccc3)c2C)CC1. The van der Waals surface area contributed by atoms with E-state index in [2.05, 4.69) is 40.3 Å². The molecule has 0 spiro atoms. The van der Waals surface area contributed by atoms with Crippen molar-refractivity contribution < 1.29 is 8.42 Å². The Morgan fingerprint density at radius 2 is 1.81 bits per heavy atom. The second kappa shape index (κ2) is 7.87. The molecule has 0 amide bonds. The van der Waals surface area contributed by atoms with Crippen LogP contribution in [0.3, 0.4) is 0 Å². The van der Waals surface area contributed by atoms with Gasteiger partial charge in [0.2, 0.25) is 0 Å². The van der Waals surface area contributed by atoms with Crippen molar-refractivity contribution in [2.75, 3.05) is 20.1 Å². The van der Waals surface area contributed by atoms with Crippen LogP contribution in [0.15, 0.2) is 30.3 Å². The minimum atomic E-state index is -3.37. The molecule has 3 rings (SSSR count). The fraction of sp³-hybridized carbons (Fsp3) is 0.500. The van der Waals surface area contributed by atoms with E-state index >= 15 is 0 Å². The van der Waals surface area contributed by atoms with E-state index in [4.69, 9.17) is 5.10 Å². The molecule has 26 heavy (non-hydrogen) atoms. The van der Waals surface area contributed by atoms with Crippen LogP contribution in [-0.4, -0.2) is 49.3 Å². The Hall–Kier alpha value is -1.74. The Balaban J connectivity index is 1.65. The average molecular weight is 378 g/mol. The molecule has 7 nitrogen and oxygen atoms in total. The number of piperidine rings is 1. The van der Waals surface area contributed by atoms with Gasteiger partial charge < -0.3 is 0 Å². The van der Waals surface area contributed by atoms with Crippen LogP contribution >= 0.6 is 0 Å². The fourth-order valence-electron chi connectivity index (χ4n) is 3.44. The zero-order valence-corrected chi connectivity index (χ0v) is 16.4. The molecule has 1 aromatic carbocycles. The molecule has 0 aliphatic carbocycles. The molecular weight excluding hydrogens is 350 g/mol. The number of likely N-dealkylation sites (tertiary alicyclic amines) is 1. The Morgan fingerprint density at radius 1 is 1.15 bits per heavy atom. The summed E-state index contributed by atoms with van der Waals surface area (Å²) < 4.78 is 30.2. The maximum Gasteiger partial charge on any atom is 0.276 e. The number of aryl methyl sites for hydroxylation is 1. The van der Waals surface area contributed by atoms with Crippen LogP contribution < -0.4 is 9.44 Å². The molecule has 0 atom stereocenters. The summed E-state index contributed by atoms with van der Waals surface area (Å²) in [6.45, 7) is 6.74. The second-order valence-corrected chi connectivity index (χ2v) is 8.42. The van der Waals surface area contributed by atoms with Gasteiger partial charge in [-0.15, -0.1) is 0 Å². The Labute approximate surface area is 155 Å². The first kappa shape index (κ1) is 19.0. The number of aromatic nitrogens is 2. The third kappa shape index (κ3) is 4.32. The number of para-hydroxylation sites is 1. The molecule has 2 N–H and O–H groups in total. The van der Waals surface area contributed by atoms with Crippen LogP contribution in [0.1, 0.15) is 29.8 Å². The minimum absolute atomic E-state index is 0.00191. The number of hydrogen-bond donors (Lipinski definition) is 2. The quantitative estimate of drug-likeness (QED) is 0.800. The van der Waals surface area contributed by atoms with Gasteiger partial charge in [-0.2, -0.15) is 18.2 Å². The first-order chi connectivity index (χ1) is 12.4. The van der Waals surface area contributed by atoms with Crippen molar-refractivity contribution in [1.29, 1.82) is 0 Å². The largest absolute Gasteiger partial charge is 0.299 e. The van der Waals surface area contributed by atoms with Gasteiger partial charge in [0.05, 0.1) is 11.4 Å². The van der Waals surface area contributed by atoms with Gasteiger partial charge in [0, 0.05) is 44.0 Å². The van der Waals surface area contributed by atoms with Gasteiger partial charge in [-0.1, -0.05) is 18.2 Å². The van der Waals surface area contributed by atoms with Crippen LogP contribution in [0, 0.1) is 13.8 Å². The molecule has 0 saturated carbocycles. The highest BCUT2D eigenvalue weighted by atomic mass is 32.2. The minimum Gasteiger partial charge on any atom is -0.299 e. The number of hydrogen-bond acceptors (Lipinski definition) is 4. The molecule has 0 bridgehead atoms. The highest BCUT2D eigenvalue weighted by Crippen LogP contribution is 2.21. The van der Waals surface area contributed by atoms with Gasteiger partial charge in [-0.05, 0) is 38.8 Å². The summed E-state index contributed by atoms with van der Waals surface area (Å²) in [5.74, 6) is 0. The van der Waals surface area contributed by atoms with Crippen molar-refractivity contribution in [2.24, 2.45) is 0 Å². The topological polar surface area (TPSA) is 79.3 Å². The summed E-state index contributed by atoms with van der Waals surface area (Å²) in [6.07, 6.45) is 1.62. The molecule has 0 unspecified atom stereocenters. The maximum absolute atomic E-state index is 11.6. The number of nitrogens with one attached hydrogen (secondary N) is 2. The lowest BCUT2D eigenvalue weighted by Gasteiger charge is -2.32. The van der Waals surface area contributed by atoms with Crippen molar-refractivity contribution in [3.8, 4) is 5.69 Å². The molecule has 2 heterocycles. The van der Waals surface area contributed by atoms with Crippen LogP contribution in [0.25, 0.3) is 5.69 Å². The van der Waals surface area contributed by atoms with Crippen molar-refractivity contribution in [3.63, 3.8) is 0 Å². The third-order valence-electron chi connectivity index (χ3n) is 5.00. The molecule has 1 aromatic heterocycles. The second-order valence-electron chi connectivity index (χ2n) is 6.77. The molecule has 0 radical (unpaired) electrons. The van der Waals surface area contributed by atoms with Gasteiger partial charge >= 0.3 is 0 Å². The summed E-state index contributed by atoms with van der Waals surface area (Å²) in [5, 5.41) is 4.71. The predicted molar refractivity (Wildman–Crippen MR) is 102 cm³/mol. The molecule has 2 aromatic rings. The van der Waals surface area contributed by atoms with Gasteiger partial charge in [-0.3, -0.25) is 4.90 Å². The smallest absolute Gasteiger partial charge is 0.276 e. The summed E-state index contributed by atoms with van der Waals surface area (Å²) in [4.78, 5) is 2.37. The van der Waals surface area contributed by atoms with Gasteiger partial charge in [0.1, 0.15) is 0 Å². The lowest BCUT2D eigenvalue weighted by atomic mass is 10.0. The zero-order chi connectivity index (χ0) is 18.7. The fourth-order valence-corrected chi connectivity index (χ4v) is 4.23. The summed E-state index contributed by atoms with van der Waals surface area (Å²) in [5.41, 5.74) is 4.53. The molecule has 8 heteroatoms. The van der Waals surface area contributed by atoms with Gasteiger partial charge in [0.15, 0.2) is 0 Å². The van der Waals surface area contributed by atoms with E-state index in [0.29, 0.717) is 0 Å². The highest BCUT2D eigenvalue weighted by Gasteiger charge is 2.24. The van der Waals surface area contributed by atoms with Crippen molar-refractivity contribution >= 4 is 10.2 Å². The van der Waals surface area contributed by atoms with E-state index in [1.165, 1.54) is 12.6 Å². The van der Waals surface area contributed by atoms with E-state index in [9.17, 15) is 8.42 Å². The standard InChI is InChI=1S/C18H27N5O2S/c1-14-18(15(2)23(20-14)17-7-5-4-6-8-17)13-22-11-9-16(10-12-22)21-26(24,25)19-3/h4-8,16,19,21H,9-13H2,1-3H3. The summed E-state index contributed by atoms with van der Waals surface area (Å²) in [7, 11) is -1.94. The normalized spacial score (nSPS) is 16.9. The Morgan fingerprint density at radius 3 is 2.42 bits per heavy atom. The summed E-state index contributed by atoms with van der Waals surface area (Å²) >= 11 is 0. The lowest BCUT2D eigenvalue weighted by molar-refractivity contribution is 0.199. The van der Waals surface area contributed by atoms with Crippen molar-refractivity contribution in [2.45, 2.75) is 39.3 Å². The van der Waals surface area contributed by atoms with E-state index in [1.54, 1.807) is 0 Å². The summed E-state index contributed by atoms with van der Waals surface area (Å²) in [6, 6.07) is 10.1. The van der Waals surface area contributed by atoms with E-state index < -0.39 is 10.2 Å². The molecule has 1 aliphatic heterocycles. The van der Waals surface area contributed by atoms with Crippen LogP contribution in [0.2, 0.25) is 0 Å². The van der Waals surface area contributed by atoms with E-state index in [-0.39, 0.29) is 6.04 Å². The number of rotatable bonds is 6. The first-order valence-corrected chi connectivity index (χ1v) is 10.4. The molecule has 1 aliphatic rings. The average Bonchev–Trinajstić information content (AvgIpc) is 2.92. The lowest BCUT2D eigenvalue weighted by Crippen LogP contribution is -2.47. The number of benzene rings is 1. The Bertz CT molecular complexity index is 840. The molecule has 1 saturated heterocycles. The van der Waals surface area contributed by atoms with Crippen LogP contribution in [-0.2, 0) is 16.8 Å². The van der Waals surface area contributed by atoms with Crippen LogP contribution in [0.5, 0.6) is 0 Å². The predicted octanol–water partition coefficient (Wildman–Crippen LogP) is 1.51. The zero-order valence-electron chi connectivity index (χ0n) is 15.6. The van der Waals surface area contributed by atoms with Gasteiger partial charge in [0.25, 0.3) is 10.2 Å².